The van der Waals surface area contributed by atoms with Gasteiger partial charge in [-0.05, 0) is 44.9 Å². The van der Waals surface area contributed by atoms with Crippen LogP contribution in [-0.4, -0.2) is 0 Å². The Bertz CT molecular complexity index is 115. The van der Waals surface area contributed by atoms with Gasteiger partial charge in [0, 0.05) is 0 Å². The van der Waals surface area contributed by atoms with E-state index in [1.165, 1.54) is 38.5 Å². The Balaban J connectivity index is 2.22. The standard InChI is InChI=1S/C11H17/c1-2-4-6-8-10-11-9-7-5-3-1/h1-3,10-11H,4-9H2/b2-1-,11-10-. The van der Waals surface area contributed by atoms with Gasteiger partial charge in [0.05, 0.1) is 0 Å². The largest absolute Gasteiger partial charge is 0.0885 e. The van der Waals surface area contributed by atoms with E-state index in [1.54, 1.807) is 0 Å². The lowest BCUT2D eigenvalue weighted by atomic mass is 10.2. The molecule has 0 spiro atoms. The average molecular weight is 149 g/mol. The van der Waals surface area contributed by atoms with Crippen LogP contribution in [0.3, 0.4) is 0 Å². The first-order chi connectivity index (χ1) is 5.50. The Morgan fingerprint density at radius 3 is 2.09 bits per heavy atom. The quantitative estimate of drug-likeness (QED) is 0.461. The molecule has 0 aromatic carbocycles. The lowest BCUT2D eigenvalue weighted by Crippen LogP contribution is -1.72. The summed E-state index contributed by atoms with van der Waals surface area (Å²) < 4.78 is 0. The van der Waals surface area contributed by atoms with Crippen molar-refractivity contribution in [2.45, 2.75) is 38.5 Å². The van der Waals surface area contributed by atoms with E-state index in [2.05, 4.69) is 30.7 Å². The molecule has 0 heteroatoms. The molecule has 0 bridgehead atoms. The Labute approximate surface area is 70.0 Å². The molecule has 0 N–H and O–H groups in total. The Kier molecular flexibility index (Phi) is 4.84. The molecule has 0 aliphatic heterocycles. The van der Waals surface area contributed by atoms with Crippen molar-refractivity contribution in [3.05, 3.63) is 30.7 Å². The molecule has 0 atom stereocenters. The third-order valence-corrected chi connectivity index (χ3v) is 1.92. The summed E-state index contributed by atoms with van der Waals surface area (Å²) in [6.45, 7) is 0. The van der Waals surface area contributed by atoms with Crippen LogP contribution in [0, 0.1) is 6.42 Å². The summed E-state index contributed by atoms with van der Waals surface area (Å²) in [5.41, 5.74) is 0. The third kappa shape index (κ3) is 4.83. The SMILES string of the molecule is [CH]1/C=C\CCC/C=C\CCC1. The maximum atomic E-state index is 2.32. The molecular formula is C11H17. The predicted molar refractivity (Wildman–Crippen MR) is 50.3 cm³/mol. The topological polar surface area (TPSA) is 0 Å². The molecule has 1 rings (SSSR count). The van der Waals surface area contributed by atoms with Crippen LogP contribution < -0.4 is 0 Å². The molecule has 0 saturated heterocycles. The van der Waals surface area contributed by atoms with Crippen molar-refractivity contribution in [1.82, 2.24) is 0 Å². The van der Waals surface area contributed by atoms with Crippen molar-refractivity contribution in [3.8, 4) is 0 Å². The lowest BCUT2D eigenvalue weighted by molar-refractivity contribution is 0.837. The first-order valence-corrected chi connectivity index (χ1v) is 4.63. The van der Waals surface area contributed by atoms with E-state index in [0.717, 1.165) is 0 Å². The van der Waals surface area contributed by atoms with Crippen LogP contribution in [0.15, 0.2) is 24.3 Å². The van der Waals surface area contributed by atoms with Crippen LogP contribution in [-0.2, 0) is 0 Å². The molecule has 61 valence electrons. The molecule has 1 aliphatic carbocycles. The number of rotatable bonds is 0. The molecule has 1 aliphatic rings. The minimum absolute atomic E-state index is 1.24. The smallest absolute Gasteiger partial charge is 0.0170 e. The summed E-state index contributed by atoms with van der Waals surface area (Å²) >= 11 is 0. The highest BCUT2D eigenvalue weighted by atomic mass is 13.9. The van der Waals surface area contributed by atoms with Crippen LogP contribution in [0.25, 0.3) is 0 Å². The fourth-order valence-corrected chi connectivity index (χ4v) is 1.23. The highest BCUT2D eigenvalue weighted by molar-refractivity contribution is 4.96. The van der Waals surface area contributed by atoms with E-state index in [9.17, 15) is 0 Å². The molecular weight excluding hydrogens is 132 g/mol. The number of allylic oxidation sites excluding steroid dienone is 4. The molecule has 0 unspecified atom stereocenters. The molecule has 0 fully saturated rings. The normalized spacial score (nSPS) is 26.9. The van der Waals surface area contributed by atoms with Crippen LogP contribution in [0.4, 0.5) is 0 Å². The van der Waals surface area contributed by atoms with Gasteiger partial charge in [0.25, 0.3) is 0 Å². The van der Waals surface area contributed by atoms with Gasteiger partial charge >= 0.3 is 0 Å². The Morgan fingerprint density at radius 2 is 1.27 bits per heavy atom. The Hall–Kier alpha value is -0.520. The van der Waals surface area contributed by atoms with Crippen LogP contribution in [0.2, 0.25) is 0 Å². The maximum Gasteiger partial charge on any atom is -0.0170 e. The van der Waals surface area contributed by atoms with Crippen molar-refractivity contribution < 1.29 is 0 Å². The van der Waals surface area contributed by atoms with Crippen molar-refractivity contribution in [1.29, 1.82) is 0 Å². The van der Waals surface area contributed by atoms with Gasteiger partial charge in [-0.2, -0.15) is 0 Å². The van der Waals surface area contributed by atoms with Gasteiger partial charge in [-0.1, -0.05) is 24.3 Å². The second-order valence-corrected chi connectivity index (χ2v) is 3.00. The second kappa shape index (κ2) is 6.21. The second-order valence-electron chi connectivity index (χ2n) is 3.00. The number of hydrogen-bond donors (Lipinski definition) is 0. The van der Waals surface area contributed by atoms with E-state index in [1.807, 2.05) is 0 Å². The zero-order valence-corrected chi connectivity index (χ0v) is 7.13. The predicted octanol–water partition coefficient (Wildman–Crippen LogP) is 3.66. The highest BCUT2D eigenvalue weighted by Gasteiger charge is 1.87. The van der Waals surface area contributed by atoms with Gasteiger partial charge < -0.3 is 0 Å². The third-order valence-electron chi connectivity index (χ3n) is 1.92. The molecule has 0 heterocycles. The fraction of sp³-hybridized carbons (Fsp3) is 0.545. The van der Waals surface area contributed by atoms with E-state index >= 15 is 0 Å². The van der Waals surface area contributed by atoms with Crippen molar-refractivity contribution in [2.24, 2.45) is 0 Å². The van der Waals surface area contributed by atoms with Gasteiger partial charge in [-0.15, -0.1) is 0 Å². The molecule has 1 radical (unpaired) electrons. The summed E-state index contributed by atoms with van der Waals surface area (Å²) in [6.07, 6.45) is 19.0. The molecule has 0 saturated carbocycles. The van der Waals surface area contributed by atoms with Crippen LogP contribution >= 0.6 is 0 Å². The summed E-state index contributed by atoms with van der Waals surface area (Å²) in [5.74, 6) is 0. The molecule has 0 amide bonds. The summed E-state index contributed by atoms with van der Waals surface area (Å²) in [6, 6.07) is 0. The maximum absolute atomic E-state index is 2.32. The monoisotopic (exact) mass is 149 g/mol. The van der Waals surface area contributed by atoms with Crippen LogP contribution in [0.1, 0.15) is 38.5 Å². The van der Waals surface area contributed by atoms with E-state index < -0.39 is 0 Å². The Morgan fingerprint density at radius 1 is 0.636 bits per heavy atom. The van der Waals surface area contributed by atoms with E-state index in [4.69, 9.17) is 0 Å². The van der Waals surface area contributed by atoms with Gasteiger partial charge in [0.15, 0.2) is 0 Å². The van der Waals surface area contributed by atoms with Gasteiger partial charge in [-0.3, -0.25) is 0 Å². The minimum atomic E-state index is 1.24. The zero-order chi connectivity index (χ0) is 7.78. The van der Waals surface area contributed by atoms with Crippen molar-refractivity contribution in [3.63, 3.8) is 0 Å². The van der Waals surface area contributed by atoms with Crippen molar-refractivity contribution >= 4 is 0 Å². The summed E-state index contributed by atoms with van der Waals surface area (Å²) in [7, 11) is 0. The highest BCUT2D eigenvalue weighted by Crippen LogP contribution is 2.06. The average Bonchev–Trinajstić information content (AvgIpc) is 2.08. The zero-order valence-electron chi connectivity index (χ0n) is 7.13. The molecule has 0 aromatic heterocycles. The van der Waals surface area contributed by atoms with Gasteiger partial charge in [0.1, 0.15) is 0 Å². The fourth-order valence-electron chi connectivity index (χ4n) is 1.23. The first-order valence-electron chi connectivity index (χ1n) is 4.63. The van der Waals surface area contributed by atoms with E-state index in [0.29, 0.717) is 0 Å². The van der Waals surface area contributed by atoms with Gasteiger partial charge in [0.2, 0.25) is 0 Å². The van der Waals surface area contributed by atoms with E-state index in [-0.39, 0.29) is 0 Å². The minimum Gasteiger partial charge on any atom is -0.0885 e. The van der Waals surface area contributed by atoms with Gasteiger partial charge in [-0.25, -0.2) is 0 Å². The molecule has 0 nitrogen and oxygen atoms in total. The lowest BCUT2D eigenvalue weighted by Gasteiger charge is -1.90. The first kappa shape index (κ1) is 8.58. The molecule has 11 heavy (non-hydrogen) atoms. The number of hydrogen-bond acceptors (Lipinski definition) is 0. The van der Waals surface area contributed by atoms with Crippen LogP contribution in [0.5, 0.6) is 0 Å². The summed E-state index contributed by atoms with van der Waals surface area (Å²) in [4.78, 5) is 0. The molecule has 0 aromatic rings. The summed E-state index contributed by atoms with van der Waals surface area (Å²) in [5, 5.41) is 0. The van der Waals surface area contributed by atoms with Crippen molar-refractivity contribution in [2.75, 3.05) is 0 Å².